The lowest BCUT2D eigenvalue weighted by atomic mass is 10.0. The first-order valence-electron chi connectivity index (χ1n) is 8.52. The minimum atomic E-state index is -0.417. The number of anilines is 2. The molecule has 1 aromatic heterocycles. The molecular formula is C20H20ClFN4O. The van der Waals surface area contributed by atoms with Crippen LogP contribution in [-0.4, -0.2) is 15.8 Å². The Morgan fingerprint density at radius 1 is 1.11 bits per heavy atom. The minimum absolute atomic E-state index is 0.144. The molecule has 2 N–H and O–H groups in total. The minimum Gasteiger partial charge on any atom is -0.308 e. The fraction of sp³-hybridized carbons (Fsp3) is 0.200. The highest BCUT2D eigenvalue weighted by Gasteiger charge is 2.16. The van der Waals surface area contributed by atoms with E-state index in [-0.39, 0.29) is 11.9 Å². The third-order valence-corrected chi connectivity index (χ3v) is 4.37. The number of carbonyl (C=O) groups excluding carboxylic acids is 1. The van der Waals surface area contributed by atoms with Crippen LogP contribution in [0.5, 0.6) is 0 Å². The molecule has 1 heterocycles. The summed E-state index contributed by atoms with van der Waals surface area (Å²) in [6.45, 7) is 6.03. The number of nitrogens with zero attached hydrogens (tertiary/aromatic N) is 2. The van der Waals surface area contributed by atoms with Gasteiger partial charge in [-0.25, -0.2) is 9.18 Å². The molecule has 0 aliphatic heterocycles. The Balaban J connectivity index is 1.84. The molecule has 2 aromatic carbocycles. The molecule has 3 rings (SSSR count). The molecular weight excluding hydrogens is 367 g/mol. The smallest absolute Gasteiger partial charge is 0.308 e. The first-order chi connectivity index (χ1) is 12.8. The maximum Gasteiger partial charge on any atom is 0.323 e. The van der Waals surface area contributed by atoms with Gasteiger partial charge < -0.3 is 10.6 Å². The third kappa shape index (κ3) is 4.28. The van der Waals surface area contributed by atoms with Crippen molar-refractivity contribution in [1.29, 1.82) is 0 Å². The van der Waals surface area contributed by atoms with Gasteiger partial charge in [0.25, 0.3) is 0 Å². The monoisotopic (exact) mass is 386 g/mol. The summed E-state index contributed by atoms with van der Waals surface area (Å²) in [5.74, 6) is -0.359. The van der Waals surface area contributed by atoms with Crippen LogP contribution in [-0.2, 0) is 0 Å². The van der Waals surface area contributed by atoms with Crippen molar-refractivity contribution in [3.05, 3.63) is 65.1 Å². The number of carbonyl (C=O) groups is 1. The van der Waals surface area contributed by atoms with Gasteiger partial charge in [0, 0.05) is 23.0 Å². The van der Waals surface area contributed by atoms with E-state index >= 15 is 0 Å². The molecule has 7 heteroatoms. The predicted molar refractivity (Wildman–Crippen MR) is 107 cm³/mol. The number of rotatable bonds is 4. The van der Waals surface area contributed by atoms with Crippen LogP contribution in [0.2, 0.25) is 5.02 Å². The Labute approximate surface area is 162 Å². The number of halogens is 2. The lowest BCUT2D eigenvalue weighted by Gasteiger charge is -2.15. The van der Waals surface area contributed by atoms with Gasteiger partial charge in [-0.15, -0.1) is 0 Å². The largest absolute Gasteiger partial charge is 0.323 e. The van der Waals surface area contributed by atoms with E-state index in [4.69, 9.17) is 11.6 Å². The molecule has 0 bridgehead atoms. The van der Waals surface area contributed by atoms with Crippen molar-refractivity contribution in [1.82, 2.24) is 9.78 Å². The van der Waals surface area contributed by atoms with Gasteiger partial charge in [0.15, 0.2) is 0 Å². The molecule has 140 valence electrons. The maximum atomic E-state index is 13.0. The molecule has 0 saturated carbocycles. The van der Waals surface area contributed by atoms with Crippen molar-refractivity contribution in [2.45, 2.75) is 26.8 Å². The van der Waals surface area contributed by atoms with Crippen molar-refractivity contribution in [3.8, 4) is 11.3 Å². The van der Waals surface area contributed by atoms with E-state index in [2.05, 4.69) is 15.7 Å². The number of nitrogens with one attached hydrogen (secondary N) is 2. The average Bonchev–Trinajstić information content (AvgIpc) is 3.00. The van der Waals surface area contributed by atoms with E-state index in [1.807, 2.05) is 43.7 Å². The normalized spacial score (nSPS) is 10.9. The molecule has 2 amide bonds. The molecule has 3 aromatic rings. The van der Waals surface area contributed by atoms with Crippen LogP contribution < -0.4 is 10.6 Å². The molecule has 27 heavy (non-hydrogen) atoms. The number of hydrogen-bond donors (Lipinski definition) is 2. The van der Waals surface area contributed by atoms with Gasteiger partial charge in [-0.2, -0.15) is 5.10 Å². The maximum absolute atomic E-state index is 13.0. The van der Waals surface area contributed by atoms with Crippen molar-refractivity contribution in [3.63, 3.8) is 0 Å². The van der Waals surface area contributed by atoms with Gasteiger partial charge in [0.1, 0.15) is 5.82 Å². The summed E-state index contributed by atoms with van der Waals surface area (Å²) in [6.07, 6.45) is 1.62. The predicted octanol–water partition coefficient (Wildman–Crippen LogP) is 5.88. The topological polar surface area (TPSA) is 59.0 Å². The van der Waals surface area contributed by atoms with Crippen molar-refractivity contribution in [2.24, 2.45) is 0 Å². The van der Waals surface area contributed by atoms with Gasteiger partial charge in [-0.3, -0.25) is 4.68 Å². The highest BCUT2D eigenvalue weighted by Crippen LogP contribution is 2.33. The van der Waals surface area contributed by atoms with Gasteiger partial charge in [0.05, 0.1) is 16.9 Å². The molecule has 0 spiro atoms. The van der Waals surface area contributed by atoms with Crippen LogP contribution in [0.15, 0.2) is 48.7 Å². The van der Waals surface area contributed by atoms with Crippen LogP contribution in [0.3, 0.4) is 0 Å². The second-order valence-corrected chi connectivity index (χ2v) is 6.90. The van der Waals surface area contributed by atoms with Gasteiger partial charge in [-0.05, 0) is 62.7 Å². The molecule has 5 nitrogen and oxygen atoms in total. The number of urea groups is 1. The number of amides is 2. The molecule has 0 fully saturated rings. The fourth-order valence-electron chi connectivity index (χ4n) is 2.77. The molecule has 0 saturated heterocycles. The zero-order valence-corrected chi connectivity index (χ0v) is 16.0. The second-order valence-electron chi connectivity index (χ2n) is 6.50. The zero-order valence-electron chi connectivity index (χ0n) is 15.3. The van der Waals surface area contributed by atoms with Crippen molar-refractivity contribution in [2.75, 3.05) is 10.6 Å². The van der Waals surface area contributed by atoms with Crippen LogP contribution >= 0.6 is 11.6 Å². The quantitative estimate of drug-likeness (QED) is 0.588. The lowest BCUT2D eigenvalue weighted by molar-refractivity contribution is 0.262. The summed E-state index contributed by atoms with van der Waals surface area (Å²) in [4.78, 5) is 12.2. The summed E-state index contributed by atoms with van der Waals surface area (Å²) in [5, 5.41) is 10.3. The second kappa shape index (κ2) is 7.80. The Kier molecular flexibility index (Phi) is 5.46. The number of hydrogen-bond acceptors (Lipinski definition) is 2. The van der Waals surface area contributed by atoms with E-state index in [1.165, 1.54) is 24.3 Å². The first kappa shape index (κ1) is 18.9. The summed E-state index contributed by atoms with van der Waals surface area (Å²) < 4.78 is 14.8. The van der Waals surface area contributed by atoms with E-state index in [1.54, 1.807) is 6.20 Å². The molecule has 0 aliphatic carbocycles. The fourth-order valence-corrected chi connectivity index (χ4v) is 3.00. The molecule has 0 atom stereocenters. The van der Waals surface area contributed by atoms with Crippen molar-refractivity contribution >= 4 is 29.0 Å². The Morgan fingerprint density at radius 3 is 2.41 bits per heavy atom. The number of aromatic nitrogens is 2. The van der Waals surface area contributed by atoms with Crippen LogP contribution in [0.25, 0.3) is 11.3 Å². The summed E-state index contributed by atoms with van der Waals surface area (Å²) >= 11 is 6.36. The Morgan fingerprint density at radius 2 is 1.74 bits per heavy atom. The standard InChI is InChI=1S/C20H20ClFN4O/c1-12(2)26-19(18(21)11-23-26)17-10-16(7-4-13(17)3)25-20(27)24-15-8-5-14(22)6-9-15/h4-12H,1-3H3,(H2,24,25,27). The molecule has 0 unspecified atom stereocenters. The van der Waals surface area contributed by atoms with E-state index in [0.29, 0.717) is 16.4 Å². The first-order valence-corrected chi connectivity index (χ1v) is 8.90. The third-order valence-electron chi connectivity index (χ3n) is 4.09. The van der Waals surface area contributed by atoms with E-state index < -0.39 is 6.03 Å². The summed E-state index contributed by atoms with van der Waals surface area (Å²) in [5.41, 5.74) is 3.84. The van der Waals surface area contributed by atoms with Gasteiger partial charge >= 0.3 is 6.03 Å². The lowest BCUT2D eigenvalue weighted by Crippen LogP contribution is -2.19. The van der Waals surface area contributed by atoms with Crippen molar-refractivity contribution < 1.29 is 9.18 Å². The SMILES string of the molecule is Cc1ccc(NC(=O)Nc2ccc(F)cc2)cc1-c1c(Cl)cnn1C(C)C. The highest BCUT2D eigenvalue weighted by molar-refractivity contribution is 6.33. The van der Waals surface area contributed by atoms with E-state index in [9.17, 15) is 9.18 Å². The summed E-state index contributed by atoms with van der Waals surface area (Å²) in [6, 6.07) is 10.9. The summed E-state index contributed by atoms with van der Waals surface area (Å²) in [7, 11) is 0. The number of benzene rings is 2. The van der Waals surface area contributed by atoms with Crippen LogP contribution in [0.4, 0.5) is 20.6 Å². The number of aryl methyl sites for hydroxylation is 1. The van der Waals surface area contributed by atoms with Gasteiger partial charge in [0.2, 0.25) is 0 Å². The zero-order chi connectivity index (χ0) is 19.6. The molecule has 0 radical (unpaired) electrons. The highest BCUT2D eigenvalue weighted by atomic mass is 35.5. The Hall–Kier alpha value is -2.86. The van der Waals surface area contributed by atoms with E-state index in [0.717, 1.165) is 16.8 Å². The Bertz CT molecular complexity index is 967. The van der Waals surface area contributed by atoms with Crippen LogP contribution in [0, 0.1) is 12.7 Å². The molecule has 0 aliphatic rings. The van der Waals surface area contributed by atoms with Gasteiger partial charge in [-0.1, -0.05) is 17.7 Å². The average molecular weight is 387 g/mol. The van der Waals surface area contributed by atoms with Crippen LogP contribution in [0.1, 0.15) is 25.5 Å².